The zero-order chi connectivity index (χ0) is 16.5. The lowest BCUT2D eigenvalue weighted by Gasteiger charge is -2.18. The van der Waals surface area contributed by atoms with E-state index in [1.807, 2.05) is 18.2 Å². The van der Waals surface area contributed by atoms with Gasteiger partial charge in [-0.05, 0) is 42.0 Å². The molecule has 1 aliphatic rings. The number of amides is 1. The summed E-state index contributed by atoms with van der Waals surface area (Å²) in [5.74, 6) is 0.828. The van der Waals surface area contributed by atoms with Crippen molar-refractivity contribution in [1.82, 2.24) is 10.3 Å². The number of benzene rings is 2. The van der Waals surface area contributed by atoms with Crippen LogP contribution in [-0.4, -0.2) is 24.1 Å². The largest absolute Gasteiger partial charge is 0.486 e. The lowest BCUT2D eigenvalue weighted by Crippen LogP contribution is -2.23. The highest BCUT2D eigenvalue weighted by atomic mass is 19.1. The van der Waals surface area contributed by atoms with E-state index in [-0.39, 0.29) is 11.7 Å². The number of ether oxygens (including phenoxy) is 2. The summed E-state index contributed by atoms with van der Waals surface area (Å²) in [4.78, 5) is 15.3. The molecule has 4 rings (SSSR count). The van der Waals surface area contributed by atoms with Gasteiger partial charge in [0.15, 0.2) is 11.5 Å². The van der Waals surface area contributed by atoms with E-state index in [9.17, 15) is 9.18 Å². The first-order valence-corrected chi connectivity index (χ1v) is 7.64. The molecule has 0 saturated heterocycles. The van der Waals surface area contributed by atoms with E-state index < -0.39 is 0 Å². The molecular formula is C18H15FN2O3. The monoisotopic (exact) mass is 326 g/mol. The summed E-state index contributed by atoms with van der Waals surface area (Å²) in [7, 11) is 0. The number of nitrogens with one attached hydrogen (secondary N) is 2. The Hall–Kier alpha value is -3.02. The smallest absolute Gasteiger partial charge is 0.267 e. The number of hydrogen-bond donors (Lipinski definition) is 2. The fraction of sp³-hybridized carbons (Fsp3) is 0.167. The average molecular weight is 326 g/mol. The summed E-state index contributed by atoms with van der Waals surface area (Å²) >= 11 is 0. The summed E-state index contributed by atoms with van der Waals surface area (Å²) in [6.07, 6.45) is 0. The molecule has 1 amide bonds. The summed E-state index contributed by atoms with van der Waals surface area (Å²) in [6.45, 7) is 1.43. The van der Waals surface area contributed by atoms with Crippen LogP contribution in [0.4, 0.5) is 4.39 Å². The van der Waals surface area contributed by atoms with Gasteiger partial charge in [-0.3, -0.25) is 4.79 Å². The fourth-order valence-corrected chi connectivity index (χ4v) is 2.70. The highest BCUT2D eigenvalue weighted by Crippen LogP contribution is 2.30. The molecular weight excluding hydrogens is 311 g/mol. The van der Waals surface area contributed by atoms with Crippen molar-refractivity contribution in [1.29, 1.82) is 0 Å². The van der Waals surface area contributed by atoms with E-state index in [0.29, 0.717) is 42.3 Å². The minimum absolute atomic E-state index is 0.249. The Labute approximate surface area is 137 Å². The number of fused-ring (bicyclic) bond motifs is 2. The Kier molecular flexibility index (Phi) is 3.57. The van der Waals surface area contributed by atoms with E-state index >= 15 is 0 Å². The predicted octanol–water partition coefficient (Wildman–Crippen LogP) is 3.01. The Morgan fingerprint density at radius 2 is 1.92 bits per heavy atom. The molecule has 0 saturated carbocycles. The molecule has 3 aromatic rings. The Bertz CT molecular complexity index is 920. The van der Waals surface area contributed by atoms with Crippen molar-refractivity contribution in [3.05, 3.63) is 59.5 Å². The van der Waals surface area contributed by atoms with Crippen LogP contribution < -0.4 is 14.8 Å². The molecule has 2 aromatic carbocycles. The van der Waals surface area contributed by atoms with Gasteiger partial charge in [-0.15, -0.1) is 0 Å². The minimum atomic E-state index is -0.329. The van der Waals surface area contributed by atoms with Crippen molar-refractivity contribution in [2.75, 3.05) is 13.2 Å². The zero-order valence-corrected chi connectivity index (χ0v) is 12.8. The molecule has 0 aliphatic carbocycles. The van der Waals surface area contributed by atoms with Crippen LogP contribution in [0.1, 0.15) is 16.1 Å². The summed E-state index contributed by atoms with van der Waals surface area (Å²) in [5.41, 5.74) is 2.03. The van der Waals surface area contributed by atoms with Crippen LogP contribution in [0.3, 0.4) is 0 Å². The molecule has 6 heteroatoms. The Morgan fingerprint density at radius 3 is 2.79 bits per heavy atom. The van der Waals surface area contributed by atoms with Gasteiger partial charge < -0.3 is 19.8 Å². The Morgan fingerprint density at radius 1 is 1.08 bits per heavy atom. The third kappa shape index (κ3) is 2.78. The maximum atomic E-state index is 13.2. The highest BCUT2D eigenvalue weighted by molar-refractivity contribution is 5.97. The van der Waals surface area contributed by atoms with Crippen LogP contribution in [-0.2, 0) is 6.54 Å². The van der Waals surface area contributed by atoms with Crippen LogP contribution in [0.15, 0.2) is 42.5 Å². The molecule has 0 fully saturated rings. The van der Waals surface area contributed by atoms with Crippen molar-refractivity contribution < 1.29 is 18.7 Å². The van der Waals surface area contributed by atoms with E-state index in [0.717, 1.165) is 11.1 Å². The molecule has 0 unspecified atom stereocenters. The van der Waals surface area contributed by atoms with Gasteiger partial charge in [0, 0.05) is 17.4 Å². The molecule has 0 atom stereocenters. The van der Waals surface area contributed by atoms with Gasteiger partial charge in [0.05, 0.1) is 0 Å². The van der Waals surface area contributed by atoms with Crippen LogP contribution in [0.2, 0.25) is 0 Å². The maximum Gasteiger partial charge on any atom is 0.267 e. The third-order valence-corrected chi connectivity index (χ3v) is 3.89. The van der Waals surface area contributed by atoms with Gasteiger partial charge in [0.1, 0.15) is 24.7 Å². The summed E-state index contributed by atoms with van der Waals surface area (Å²) < 4.78 is 24.2. The topological polar surface area (TPSA) is 63.4 Å². The van der Waals surface area contributed by atoms with Crippen LogP contribution in [0.5, 0.6) is 11.5 Å². The lowest BCUT2D eigenvalue weighted by molar-refractivity contribution is 0.0946. The van der Waals surface area contributed by atoms with Gasteiger partial charge in [-0.2, -0.15) is 0 Å². The number of aromatic nitrogens is 1. The summed E-state index contributed by atoms with van der Waals surface area (Å²) in [5, 5.41) is 3.50. The Balaban J connectivity index is 1.47. The van der Waals surface area contributed by atoms with Crippen molar-refractivity contribution in [2.24, 2.45) is 0 Å². The number of carbonyl (C=O) groups is 1. The molecule has 0 spiro atoms. The molecule has 1 aliphatic heterocycles. The minimum Gasteiger partial charge on any atom is -0.486 e. The molecule has 1 aromatic heterocycles. The first-order chi connectivity index (χ1) is 11.7. The van der Waals surface area contributed by atoms with Gasteiger partial charge in [-0.1, -0.05) is 6.07 Å². The molecule has 5 nitrogen and oxygen atoms in total. The molecule has 2 heterocycles. The number of carbonyl (C=O) groups excluding carboxylic acids is 1. The quantitative estimate of drug-likeness (QED) is 0.778. The van der Waals surface area contributed by atoms with Crippen molar-refractivity contribution in [3.8, 4) is 11.5 Å². The first-order valence-electron chi connectivity index (χ1n) is 7.64. The molecule has 0 radical (unpaired) electrons. The van der Waals surface area contributed by atoms with Crippen molar-refractivity contribution >= 4 is 16.8 Å². The number of aromatic amines is 1. The number of halogens is 1. The molecule has 0 bridgehead atoms. The van der Waals surface area contributed by atoms with Crippen molar-refractivity contribution in [2.45, 2.75) is 6.54 Å². The van der Waals surface area contributed by atoms with E-state index in [1.165, 1.54) is 12.1 Å². The fourth-order valence-electron chi connectivity index (χ4n) is 2.70. The van der Waals surface area contributed by atoms with Gasteiger partial charge in [0.25, 0.3) is 5.91 Å². The second-order valence-electron chi connectivity index (χ2n) is 5.58. The second-order valence-corrected chi connectivity index (χ2v) is 5.58. The van der Waals surface area contributed by atoms with Crippen LogP contribution in [0, 0.1) is 5.82 Å². The maximum absolute atomic E-state index is 13.2. The molecule has 24 heavy (non-hydrogen) atoms. The van der Waals surface area contributed by atoms with Gasteiger partial charge >= 0.3 is 0 Å². The van der Waals surface area contributed by atoms with E-state index in [2.05, 4.69) is 10.3 Å². The number of H-pyrrole nitrogens is 1. The van der Waals surface area contributed by atoms with Crippen molar-refractivity contribution in [3.63, 3.8) is 0 Å². The third-order valence-electron chi connectivity index (χ3n) is 3.89. The van der Waals surface area contributed by atoms with Gasteiger partial charge in [0.2, 0.25) is 0 Å². The second kappa shape index (κ2) is 5.88. The highest BCUT2D eigenvalue weighted by Gasteiger charge is 2.13. The summed E-state index contributed by atoms with van der Waals surface area (Å²) in [6, 6.07) is 11.6. The van der Waals surface area contributed by atoms with E-state index in [4.69, 9.17) is 9.47 Å². The molecule has 2 N–H and O–H groups in total. The standard InChI is InChI=1S/C18H15FN2O3/c19-13-2-3-14-12(8-13)9-15(21-14)18(22)20-10-11-1-4-16-17(7-11)24-6-5-23-16/h1-4,7-9,21H,5-6,10H2,(H,20,22). The normalized spacial score (nSPS) is 13.0. The van der Waals surface area contributed by atoms with Crippen LogP contribution >= 0.6 is 0 Å². The molecule has 122 valence electrons. The number of hydrogen-bond acceptors (Lipinski definition) is 3. The lowest BCUT2D eigenvalue weighted by atomic mass is 10.2. The zero-order valence-electron chi connectivity index (χ0n) is 12.8. The SMILES string of the molecule is O=C(NCc1ccc2c(c1)OCCO2)c1cc2cc(F)ccc2[nH]1. The van der Waals surface area contributed by atoms with Crippen LogP contribution in [0.25, 0.3) is 10.9 Å². The van der Waals surface area contributed by atoms with Gasteiger partial charge in [-0.25, -0.2) is 4.39 Å². The predicted molar refractivity (Wildman–Crippen MR) is 86.9 cm³/mol. The number of rotatable bonds is 3. The van der Waals surface area contributed by atoms with E-state index in [1.54, 1.807) is 12.1 Å². The average Bonchev–Trinajstić information content (AvgIpc) is 3.02. The first kappa shape index (κ1) is 14.6.